The summed E-state index contributed by atoms with van der Waals surface area (Å²) in [7, 11) is 0. The second-order valence-electron chi connectivity index (χ2n) is 9.33. The average molecular weight is 395 g/mol. The van der Waals surface area contributed by atoms with Crippen molar-refractivity contribution in [3.8, 4) is 10.4 Å². The van der Waals surface area contributed by atoms with Gasteiger partial charge in [-0.1, -0.05) is 41.5 Å². The Morgan fingerprint density at radius 2 is 1.67 bits per heavy atom. The number of fused-ring (bicyclic) bond motifs is 2. The molecule has 4 heteroatoms. The van der Waals surface area contributed by atoms with Gasteiger partial charge in [0, 0.05) is 22.8 Å². The number of thiophene rings is 2. The van der Waals surface area contributed by atoms with E-state index in [2.05, 4.69) is 77.2 Å². The van der Waals surface area contributed by atoms with Gasteiger partial charge >= 0.3 is 0 Å². The zero-order valence-corrected chi connectivity index (χ0v) is 18.7. The summed E-state index contributed by atoms with van der Waals surface area (Å²) in [5, 5.41) is 2.22. The predicted molar refractivity (Wildman–Crippen MR) is 120 cm³/mol. The van der Waals surface area contributed by atoms with Crippen molar-refractivity contribution < 1.29 is 0 Å². The van der Waals surface area contributed by atoms with E-state index in [1.807, 2.05) is 28.9 Å². The molecule has 0 spiro atoms. The van der Waals surface area contributed by atoms with Gasteiger partial charge in [0.2, 0.25) is 0 Å². The summed E-state index contributed by atoms with van der Waals surface area (Å²) in [5.74, 6) is 0. The first-order valence-electron chi connectivity index (χ1n) is 9.34. The van der Waals surface area contributed by atoms with E-state index in [4.69, 9.17) is 4.98 Å². The number of aryl methyl sites for hydroxylation is 1. The molecule has 0 amide bonds. The Kier molecular flexibility index (Phi) is 4.21. The third kappa shape index (κ3) is 3.09. The fourth-order valence-electron chi connectivity index (χ4n) is 3.68. The normalized spacial score (nSPS) is 13.0. The van der Waals surface area contributed by atoms with Crippen molar-refractivity contribution in [3.05, 3.63) is 46.6 Å². The van der Waals surface area contributed by atoms with Crippen LogP contribution in [0.5, 0.6) is 0 Å². The summed E-state index contributed by atoms with van der Waals surface area (Å²) >= 11 is 3.67. The second-order valence-corrected chi connectivity index (χ2v) is 11.3. The van der Waals surface area contributed by atoms with Crippen LogP contribution in [-0.2, 0) is 10.8 Å². The van der Waals surface area contributed by atoms with Gasteiger partial charge in [0.05, 0.1) is 20.4 Å². The third-order valence-corrected chi connectivity index (χ3v) is 7.29. The molecular formula is C23H26N2S2. The van der Waals surface area contributed by atoms with Crippen molar-refractivity contribution in [3.63, 3.8) is 0 Å². The molecule has 4 heterocycles. The number of hydrogen-bond donors (Lipinski definition) is 0. The summed E-state index contributed by atoms with van der Waals surface area (Å²) in [5.41, 5.74) is 7.65. The lowest BCUT2D eigenvalue weighted by Crippen LogP contribution is -2.13. The zero-order chi connectivity index (χ0) is 19.6. The van der Waals surface area contributed by atoms with E-state index >= 15 is 0 Å². The van der Waals surface area contributed by atoms with Crippen LogP contribution in [-0.4, -0.2) is 9.97 Å². The number of rotatable bonds is 1. The minimum atomic E-state index is 0.0459. The second kappa shape index (κ2) is 6.11. The number of aromatic nitrogens is 2. The molecule has 0 radical (unpaired) electrons. The standard InChI is InChI=1S/C23H26N2S2/c1-13-12-26-21-18(23(5,6)7)14(11-25-19(13)21)17-10-16-20(27-17)15(8-9-24-16)22(2,3)4/h8-12H,1-7H3. The molecule has 140 valence electrons. The zero-order valence-electron chi connectivity index (χ0n) is 17.1. The molecule has 0 aliphatic rings. The minimum Gasteiger partial charge on any atom is -0.255 e. The summed E-state index contributed by atoms with van der Waals surface area (Å²) in [6, 6.07) is 4.41. The molecule has 4 aromatic heterocycles. The lowest BCUT2D eigenvalue weighted by Gasteiger charge is -2.23. The number of hydrogen-bond acceptors (Lipinski definition) is 4. The lowest BCUT2D eigenvalue weighted by atomic mass is 9.83. The van der Waals surface area contributed by atoms with Crippen LogP contribution in [0.4, 0.5) is 0 Å². The average Bonchev–Trinajstić information content (AvgIpc) is 3.15. The lowest BCUT2D eigenvalue weighted by molar-refractivity contribution is 0.596. The molecule has 0 atom stereocenters. The van der Waals surface area contributed by atoms with Gasteiger partial charge in [0.15, 0.2) is 0 Å². The molecule has 0 aliphatic carbocycles. The Morgan fingerprint density at radius 1 is 0.926 bits per heavy atom. The molecule has 2 nitrogen and oxygen atoms in total. The van der Waals surface area contributed by atoms with Crippen molar-refractivity contribution in [1.29, 1.82) is 0 Å². The molecular weight excluding hydrogens is 368 g/mol. The molecule has 0 saturated carbocycles. The first-order chi connectivity index (χ1) is 12.6. The van der Waals surface area contributed by atoms with Gasteiger partial charge in [0.1, 0.15) is 0 Å². The van der Waals surface area contributed by atoms with Gasteiger partial charge < -0.3 is 0 Å². The Balaban J connectivity index is 2.03. The molecule has 4 aromatic rings. The molecule has 0 aromatic carbocycles. The van der Waals surface area contributed by atoms with Gasteiger partial charge in [-0.3, -0.25) is 9.97 Å². The maximum Gasteiger partial charge on any atom is 0.0842 e. The first-order valence-corrected chi connectivity index (χ1v) is 11.0. The topological polar surface area (TPSA) is 25.8 Å². The van der Waals surface area contributed by atoms with Gasteiger partial charge in [-0.15, -0.1) is 22.7 Å². The highest BCUT2D eigenvalue weighted by molar-refractivity contribution is 7.22. The van der Waals surface area contributed by atoms with Gasteiger partial charge in [-0.25, -0.2) is 0 Å². The van der Waals surface area contributed by atoms with Crippen LogP contribution in [0.1, 0.15) is 58.2 Å². The van der Waals surface area contributed by atoms with E-state index in [9.17, 15) is 0 Å². The SMILES string of the molecule is Cc1csc2c(C(C)(C)C)c(-c3cc4nccc(C(C)(C)C)c4s3)cnc12. The minimum absolute atomic E-state index is 0.0459. The van der Waals surface area contributed by atoms with Crippen molar-refractivity contribution in [2.24, 2.45) is 0 Å². The Morgan fingerprint density at radius 3 is 2.33 bits per heavy atom. The fourth-order valence-corrected chi connectivity index (χ4v) is 6.31. The van der Waals surface area contributed by atoms with E-state index < -0.39 is 0 Å². The maximum absolute atomic E-state index is 4.83. The quantitative estimate of drug-likeness (QED) is 0.334. The third-order valence-electron chi connectivity index (χ3n) is 5.00. The molecule has 0 saturated heterocycles. The van der Waals surface area contributed by atoms with Crippen LogP contribution in [0.3, 0.4) is 0 Å². The summed E-state index contributed by atoms with van der Waals surface area (Å²) in [6.07, 6.45) is 4.01. The summed E-state index contributed by atoms with van der Waals surface area (Å²) in [6.45, 7) is 15.8. The molecule has 4 rings (SSSR count). The predicted octanol–water partition coefficient (Wildman–Crippen LogP) is 7.48. The van der Waals surface area contributed by atoms with Crippen LogP contribution in [0.25, 0.3) is 30.9 Å². The van der Waals surface area contributed by atoms with Gasteiger partial charge in [-0.05, 0) is 52.0 Å². The molecule has 0 unspecified atom stereocenters. The monoisotopic (exact) mass is 394 g/mol. The summed E-state index contributed by atoms with van der Waals surface area (Å²) in [4.78, 5) is 10.7. The van der Waals surface area contributed by atoms with E-state index in [-0.39, 0.29) is 10.8 Å². The highest BCUT2D eigenvalue weighted by Gasteiger charge is 2.26. The number of nitrogens with zero attached hydrogens (tertiary/aromatic N) is 2. The molecule has 0 aliphatic heterocycles. The molecule has 0 bridgehead atoms. The van der Waals surface area contributed by atoms with Crippen LogP contribution in [0.2, 0.25) is 0 Å². The van der Waals surface area contributed by atoms with Crippen molar-refractivity contribution in [2.45, 2.75) is 59.3 Å². The van der Waals surface area contributed by atoms with E-state index in [1.54, 1.807) is 0 Å². The Bertz CT molecular complexity index is 1150. The van der Waals surface area contributed by atoms with E-state index in [0.29, 0.717) is 0 Å². The maximum atomic E-state index is 4.83. The fraction of sp³-hybridized carbons (Fsp3) is 0.391. The van der Waals surface area contributed by atoms with Gasteiger partial charge in [0.25, 0.3) is 0 Å². The molecule has 27 heavy (non-hydrogen) atoms. The smallest absolute Gasteiger partial charge is 0.0842 e. The van der Waals surface area contributed by atoms with E-state index in [0.717, 1.165) is 11.0 Å². The van der Waals surface area contributed by atoms with Crippen LogP contribution in [0, 0.1) is 6.92 Å². The van der Waals surface area contributed by atoms with E-state index in [1.165, 1.54) is 36.5 Å². The highest BCUT2D eigenvalue weighted by Crippen LogP contribution is 2.45. The number of pyridine rings is 2. The van der Waals surface area contributed by atoms with Crippen LogP contribution < -0.4 is 0 Å². The highest BCUT2D eigenvalue weighted by atomic mass is 32.1. The van der Waals surface area contributed by atoms with Crippen LogP contribution >= 0.6 is 22.7 Å². The van der Waals surface area contributed by atoms with Crippen LogP contribution in [0.15, 0.2) is 29.9 Å². The van der Waals surface area contributed by atoms with Gasteiger partial charge in [-0.2, -0.15) is 0 Å². The Labute approximate surface area is 169 Å². The van der Waals surface area contributed by atoms with Crippen molar-refractivity contribution in [2.75, 3.05) is 0 Å². The Hall–Kier alpha value is -1.78. The summed E-state index contributed by atoms with van der Waals surface area (Å²) < 4.78 is 2.61. The largest absolute Gasteiger partial charge is 0.255 e. The molecule has 0 fully saturated rings. The van der Waals surface area contributed by atoms with Crippen molar-refractivity contribution in [1.82, 2.24) is 9.97 Å². The first kappa shape index (κ1) is 18.6. The van der Waals surface area contributed by atoms with Crippen molar-refractivity contribution >= 4 is 43.1 Å². The molecule has 0 N–H and O–H groups in total.